The summed E-state index contributed by atoms with van der Waals surface area (Å²) < 4.78 is 0. The van der Waals surface area contributed by atoms with E-state index < -0.39 is 0 Å². The minimum atomic E-state index is -0.165. The molecule has 0 aliphatic heterocycles. The molecule has 7 rings (SSSR count). The molecule has 1 atom stereocenters. The number of carbonyl (C=O) groups excluding carboxylic acids is 1. The van der Waals surface area contributed by atoms with Crippen LogP contribution >= 0.6 is 0 Å². The largest absolute Gasteiger partial charge is 0.508 e. The predicted octanol–water partition coefficient (Wildman–Crippen LogP) is 7.94. The highest BCUT2D eigenvalue weighted by molar-refractivity contribution is 6.01. The van der Waals surface area contributed by atoms with Crippen LogP contribution in [-0.4, -0.2) is 21.5 Å². The first-order valence-electron chi connectivity index (χ1n) is 14.9. The number of anilines is 2. The number of benzene rings is 2. The van der Waals surface area contributed by atoms with Crippen LogP contribution in [0.2, 0.25) is 0 Å². The molecular formula is C34H43N3O2. The monoisotopic (exact) mass is 525 g/mol. The summed E-state index contributed by atoms with van der Waals surface area (Å²) in [6.45, 7) is 6.69. The van der Waals surface area contributed by atoms with Crippen molar-refractivity contribution in [1.29, 1.82) is 0 Å². The Bertz CT molecular complexity index is 1330. The number of hydrogen-bond donors (Lipinski definition) is 3. The SMILES string of the molecule is CC(CCc1cccc(O)c1)C(C)(C)Nc1ccc2c(NC(=O)CC34CC5CC(CC(C5)C3)C4)cccc2n1. The second-order valence-corrected chi connectivity index (χ2v) is 13.7. The van der Waals surface area contributed by atoms with Gasteiger partial charge in [-0.25, -0.2) is 4.98 Å². The van der Waals surface area contributed by atoms with E-state index in [0.29, 0.717) is 18.1 Å². The van der Waals surface area contributed by atoms with Crippen LogP contribution in [-0.2, 0) is 11.2 Å². The van der Waals surface area contributed by atoms with Crippen LogP contribution in [0.3, 0.4) is 0 Å². The van der Waals surface area contributed by atoms with Crippen molar-refractivity contribution in [3.05, 3.63) is 60.2 Å². The van der Waals surface area contributed by atoms with Gasteiger partial charge in [0.2, 0.25) is 5.91 Å². The van der Waals surface area contributed by atoms with Crippen molar-refractivity contribution < 1.29 is 9.90 Å². The van der Waals surface area contributed by atoms with E-state index in [2.05, 4.69) is 43.5 Å². The zero-order chi connectivity index (χ0) is 27.2. The minimum absolute atomic E-state index is 0.161. The molecule has 0 saturated heterocycles. The molecule has 5 heteroatoms. The summed E-state index contributed by atoms with van der Waals surface area (Å²) in [5.74, 6) is 4.28. The molecule has 5 nitrogen and oxygen atoms in total. The Kier molecular flexibility index (Phi) is 6.81. The number of nitrogens with one attached hydrogen (secondary N) is 2. The topological polar surface area (TPSA) is 74.2 Å². The van der Waals surface area contributed by atoms with Crippen molar-refractivity contribution in [2.24, 2.45) is 29.1 Å². The number of fused-ring (bicyclic) bond motifs is 1. The number of phenols is 1. The first kappa shape index (κ1) is 26.2. The second kappa shape index (κ2) is 10.1. The molecule has 3 aromatic rings. The van der Waals surface area contributed by atoms with E-state index >= 15 is 0 Å². The highest BCUT2D eigenvalue weighted by atomic mass is 16.3. The van der Waals surface area contributed by atoms with E-state index in [-0.39, 0.29) is 16.9 Å². The fraction of sp³-hybridized carbons (Fsp3) is 0.529. The van der Waals surface area contributed by atoms with Gasteiger partial charge >= 0.3 is 0 Å². The highest BCUT2D eigenvalue weighted by Gasteiger charge is 2.51. The van der Waals surface area contributed by atoms with Gasteiger partial charge in [0.25, 0.3) is 0 Å². The van der Waals surface area contributed by atoms with E-state index in [1.165, 1.54) is 38.5 Å². The summed E-state index contributed by atoms with van der Waals surface area (Å²) in [6.07, 6.45) is 10.5. The maximum absolute atomic E-state index is 13.3. The van der Waals surface area contributed by atoms with E-state index in [9.17, 15) is 9.90 Å². The molecule has 1 unspecified atom stereocenters. The normalized spacial score (nSPS) is 26.5. The molecule has 4 bridgehead atoms. The number of amides is 1. The molecule has 4 aliphatic rings. The molecule has 3 N–H and O–H groups in total. The molecule has 4 saturated carbocycles. The van der Waals surface area contributed by atoms with Crippen LogP contribution in [0.25, 0.3) is 10.9 Å². The Morgan fingerprint density at radius 3 is 2.41 bits per heavy atom. The third-order valence-electron chi connectivity index (χ3n) is 10.2. The zero-order valence-corrected chi connectivity index (χ0v) is 23.7. The summed E-state index contributed by atoms with van der Waals surface area (Å²) in [6, 6.07) is 17.6. The number of hydrogen-bond acceptors (Lipinski definition) is 4. The number of aryl methyl sites for hydroxylation is 1. The number of nitrogens with zero attached hydrogens (tertiary/aromatic N) is 1. The number of aromatic nitrogens is 1. The van der Waals surface area contributed by atoms with Crippen molar-refractivity contribution in [1.82, 2.24) is 4.98 Å². The predicted molar refractivity (Wildman–Crippen MR) is 159 cm³/mol. The van der Waals surface area contributed by atoms with Crippen LogP contribution in [0.15, 0.2) is 54.6 Å². The molecule has 1 heterocycles. The Morgan fingerprint density at radius 1 is 1.03 bits per heavy atom. The third kappa shape index (κ3) is 5.64. The molecule has 2 aromatic carbocycles. The van der Waals surface area contributed by atoms with Crippen molar-refractivity contribution in [3.8, 4) is 5.75 Å². The average Bonchev–Trinajstić information content (AvgIpc) is 2.86. The lowest BCUT2D eigenvalue weighted by Gasteiger charge is -2.56. The van der Waals surface area contributed by atoms with Gasteiger partial charge in [0.15, 0.2) is 0 Å². The van der Waals surface area contributed by atoms with Crippen molar-refractivity contribution in [2.75, 3.05) is 10.6 Å². The van der Waals surface area contributed by atoms with Crippen LogP contribution < -0.4 is 10.6 Å². The standard InChI is InChI=1S/C34H43N3O2/c1-22(10-11-23-6-4-7-27(38)17-23)33(2,3)37-31-13-12-28-29(35-31)8-5-9-30(28)36-32(39)21-34-18-24-14-25(19-34)16-26(15-24)20-34/h4-9,12-13,17,22,24-26,38H,10-11,14-16,18-21H2,1-3H3,(H,35,37)(H,36,39). The van der Waals surface area contributed by atoms with E-state index in [1.54, 1.807) is 6.07 Å². The minimum Gasteiger partial charge on any atom is -0.508 e. The molecule has 4 fully saturated rings. The van der Waals surface area contributed by atoms with Gasteiger partial charge in [0.05, 0.1) is 11.2 Å². The average molecular weight is 526 g/mol. The third-order valence-corrected chi connectivity index (χ3v) is 10.2. The number of pyridine rings is 1. The zero-order valence-electron chi connectivity index (χ0n) is 23.7. The molecular weight excluding hydrogens is 482 g/mol. The number of aromatic hydroxyl groups is 1. The van der Waals surface area contributed by atoms with E-state index in [1.807, 2.05) is 36.4 Å². The van der Waals surface area contributed by atoms with Gasteiger partial charge < -0.3 is 15.7 Å². The van der Waals surface area contributed by atoms with Crippen LogP contribution in [0.5, 0.6) is 5.75 Å². The van der Waals surface area contributed by atoms with Gasteiger partial charge in [-0.2, -0.15) is 0 Å². The summed E-state index contributed by atoms with van der Waals surface area (Å²) in [5, 5.41) is 17.7. The summed E-state index contributed by atoms with van der Waals surface area (Å²) in [7, 11) is 0. The molecule has 0 radical (unpaired) electrons. The van der Waals surface area contributed by atoms with Gasteiger partial charge in [-0.05, 0) is 136 Å². The van der Waals surface area contributed by atoms with Crippen LogP contribution in [0.1, 0.15) is 77.7 Å². The van der Waals surface area contributed by atoms with E-state index in [4.69, 9.17) is 4.98 Å². The second-order valence-electron chi connectivity index (χ2n) is 13.7. The summed E-state index contributed by atoms with van der Waals surface area (Å²) in [5.41, 5.74) is 2.97. The van der Waals surface area contributed by atoms with Crippen molar-refractivity contribution in [3.63, 3.8) is 0 Å². The molecule has 206 valence electrons. The lowest BCUT2D eigenvalue weighted by Crippen LogP contribution is -2.47. The fourth-order valence-electron chi connectivity index (χ4n) is 8.28. The lowest BCUT2D eigenvalue weighted by atomic mass is 9.49. The smallest absolute Gasteiger partial charge is 0.224 e. The molecule has 1 aromatic heterocycles. The lowest BCUT2D eigenvalue weighted by molar-refractivity contribution is -0.124. The Morgan fingerprint density at radius 2 is 1.72 bits per heavy atom. The van der Waals surface area contributed by atoms with E-state index in [0.717, 1.165) is 58.6 Å². The molecule has 1 amide bonds. The first-order chi connectivity index (χ1) is 18.7. The summed E-state index contributed by atoms with van der Waals surface area (Å²) in [4.78, 5) is 18.2. The fourth-order valence-corrected chi connectivity index (χ4v) is 8.28. The molecule has 39 heavy (non-hydrogen) atoms. The van der Waals surface area contributed by atoms with Crippen LogP contribution in [0, 0.1) is 29.1 Å². The van der Waals surface area contributed by atoms with Gasteiger partial charge in [0.1, 0.15) is 11.6 Å². The van der Waals surface area contributed by atoms with Gasteiger partial charge in [0, 0.05) is 17.3 Å². The maximum atomic E-state index is 13.3. The Balaban J connectivity index is 1.10. The molecule has 0 spiro atoms. The molecule has 4 aliphatic carbocycles. The number of phenolic OH excluding ortho intramolecular Hbond substituents is 1. The Labute approximate surface area is 232 Å². The number of rotatable bonds is 9. The summed E-state index contributed by atoms with van der Waals surface area (Å²) >= 11 is 0. The maximum Gasteiger partial charge on any atom is 0.224 e. The number of carbonyl (C=O) groups is 1. The van der Waals surface area contributed by atoms with Crippen LogP contribution in [0.4, 0.5) is 11.5 Å². The Hall–Kier alpha value is -3.08. The van der Waals surface area contributed by atoms with Crippen molar-refractivity contribution >= 4 is 28.3 Å². The van der Waals surface area contributed by atoms with Crippen molar-refractivity contribution in [2.45, 2.75) is 84.1 Å². The van der Waals surface area contributed by atoms with Gasteiger partial charge in [-0.15, -0.1) is 0 Å². The van der Waals surface area contributed by atoms with Gasteiger partial charge in [-0.1, -0.05) is 25.1 Å². The van der Waals surface area contributed by atoms with Gasteiger partial charge in [-0.3, -0.25) is 4.79 Å². The first-order valence-corrected chi connectivity index (χ1v) is 14.9. The highest BCUT2D eigenvalue weighted by Crippen LogP contribution is 2.61. The quantitative estimate of drug-likeness (QED) is 0.265.